The predicted molar refractivity (Wildman–Crippen MR) is 56.1 cm³/mol. The summed E-state index contributed by atoms with van der Waals surface area (Å²) >= 11 is 17.0. The Bertz CT molecular complexity index is 323. The Labute approximate surface area is 91.6 Å². The van der Waals surface area contributed by atoms with Gasteiger partial charge in [-0.25, -0.2) is 0 Å². The van der Waals surface area contributed by atoms with Gasteiger partial charge in [0.25, 0.3) is 0 Å². The molecule has 0 heterocycles. The summed E-state index contributed by atoms with van der Waals surface area (Å²) in [6.07, 6.45) is 0.279. The summed E-state index contributed by atoms with van der Waals surface area (Å²) < 4.78 is 0. The molecule has 70 valence electrons. The summed E-state index contributed by atoms with van der Waals surface area (Å²) in [5.41, 5.74) is 0.440. The van der Waals surface area contributed by atoms with Gasteiger partial charge in [-0.1, -0.05) is 29.3 Å². The Morgan fingerprint density at radius 3 is 2.62 bits per heavy atom. The molecular formula is C9H7Cl3O. The molecule has 1 aromatic rings. The molecule has 13 heavy (non-hydrogen) atoms. The summed E-state index contributed by atoms with van der Waals surface area (Å²) in [6, 6.07) is 4.97. The lowest BCUT2D eigenvalue weighted by Gasteiger charge is -2.02. The molecule has 0 aromatic heterocycles. The van der Waals surface area contributed by atoms with Crippen molar-refractivity contribution in [2.45, 2.75) is 6.42 Å². The van der Waals surface area contributed by atoms with Gasteiger partial charge >= 0.3 is 0 Å². The molecule has 1 nitrogen and oxygen atoms in total. The topological polar surface area (TPSA) is 17.1 Å². The molecule has 0 spiro atoms. The minimum atomic E-state index is -0.0810. The second-order valence-electron chi connectivity index (χ2n) is 2.46. The minimum Gasteiger partial charge on any atom is -0.294 e. The zero-order valence-corrected chi connectivity index (χ0v) is 8.96. The first-order valence-electron chi connectivity index (χ1n) is 3.70. The van der Waals surface area contributed by atoms with Gasteiger partial charge in [0.05, 0.1) is 10.0 Å². The fourth-order valence-corrected chi connectivity index (χ4v) is 1.52. The molecule has 0 saturated heterocycles. The van der Waals surface area contributed by atoms with Gasteiger partial charge in [0, 0.05) is 17.9 Å². The van der Waals surface area contributed by atoms with Gasteiger partial charge < -0.3 is 0 Å². The van der Waals surface area contributed by atoms with Gasteiger partial charge in [-0.05, 0) is 12.1 Å². The Morgan fingerprint density at radius 1 is 1.31 bits per heavy atom. The molecule has 0 atom stereocenters. The van der Waals surface area contributed by atoms with Crippen molar-refractivity contribution in [2.75, 3.05) is 5.88 Å². The van der Waals surface area contributed by atoms with Gasteiger partial charge in [0.1, 0.15) is 0 Å². The first-order chi connectivity index (χ1) is 6.16. The van der Waals surface area contributed by atoms with Gasteiger partial charge in [-0.3, -0.25) is 4.79 Å². The number of carbonyl (C=O) groups excluding carboxylic acids is 1. The molecule has 0 fully saturated rings. The maximum atomic E-state index is 11.4. The quantitative estimate of drug-likeness (QED) is 0.577. The van der Waals surface area contributed by atoms with Crippen molar-refractivity contribution in [3.05, 3.63) is 33.8 Å². The Kier molecular flexibility index (Phi) is 4.04. The number of hydrogen-bond acceptors (Lipinski definition) is 1. The highest BCUT2D eigenvalue weighted by atomic mass is 35.5. The minimum absolute atomic E-state index is 0.0810. The molecule has 0 aliphatic rings. The van der Waals surface area contributed by atoms with Crippen LogP contribution in [0.3, 0.4) is 0 Å². The highest BCUT2D eigenvalue weighted by Gasteiger charge is 2.11. The average Bonchev–Trinajstić information content (AvgIpc) is 2.10. The SMILES string of the molecule is O=C(CCCl)c1cccc(Cl)c1Cl. The maximum Gasteiger partial charge on any atom is 0.165 e. The summed E-state index contributed by atoms with van der Waals surface area (Å²) in [6.45, 7) is 0. The molecule has 0 bridgehead atoms. The van der Waals surface area contributed by atoms with Crippen LogP contribution in [-0.4, -0.2) is 11.7 Å². The number of hydrogen-bond donors (Lipinski definition) is 0. The van der Waals surface area contributed by atoms with Crippen molar-refractivity contribution in [3.63, 3.8) is 0 Å². The lowest BCUT2D eigenvalue weighted by Crippen LogP contribution is -2.00. The Hall–Kier alpha value is -0.240. The van der Waals surface area contributed by atoms with Crippen LogP contribution in [0.25, 0.3) is 0 Å². The van der Waals surface area contributed by atoms with Gasteiger partial charge in [0.2, 0.25) is 0 Å². The van der Waals surface area contributed by atoms with Crippen molar-refractivity contribution in [3.8, 4) is 0 Å². The molecule has 1 rings (SSSR count). The van der Waals surface area contributed by atoms with Crippen LogP contribution in [0.15, 0.2) is 18.2 Å². The third kappa shape index (κ3) is 2.60. The molecule has 0 aliphatic heterocycles. The zero-order chi connectivity index (χ0) is 9.84. The van der Waals surface area contributed by atoms with Crippen LogP contribution in [0, 0.1) is 0 Å². The normalized spacial score (nSPS) is 10.1. The second-order valence-corrected chi connectivity index (χ2v) is 3.63. The van der Waals surface area contributed by atoms with Crippen LogP contribution in [0.2, 0.25) is 10.0 Å². The molecule has 1 aromatic carbocycles. The second kappa shape index (κ2) is 4.85. The maximum absolute atomic E-state index is 11.4. The van der Waals surface area contributed by atoms with Crippen LogP contribution in [0.5, 0.6) is 0 Å². The molecule has 0 aliphatic carbocycles. The van der Waals surface area contributed by atoms with Gasteiger partial charge in [0.15, 0.2) is 5.78 Å². The van der Waals surface area contributed by atoms with Crippen LogP contribution < -0.4 is 0 Å². The van der Waals surface area contributed by atoms with Crippen LogP contribution in [0.4, 0.5) is 0 Å². The van der Waals surface area contributed by atoms with E-state index in [1.807, 2.05) is 0 Å². The fourth-order valence-electron chi connectivity index (χ4n) is 0.940. The first-order valence-corrected chi connectivity index (χ1v) is 4.99. The van der Waals surface area contributed by atoms with E-state index < -0.39 is 0 Å². The van der Waals surface area contributed by atoms with E-state index in [0.717, 1.165) is 0 Å². The van der Waals surface area contributed by atoms with E-state index in [2.05, 4.69) is 0 Å². The van der Waals surface area contributed by atoms with E-state index in [4.69, 9.17) is 34.8 Å². The van der Waals surface area contributed by atoms with Gasteiger partial charge in [-0.15, -0.1) is 11.6 Å². The number of alkyl halides is 1. The van der Waals surface area contributed by atoms with E-state index in [1.54, 1.807) is 18.2 Å². The molecule has 0 radical (unpaired) electrons. The number of carbonyl (C=O) groups is 1. The number of rotatable bonds is 3. The summed E-state index contributed by atoms with van der Waals surface area (Å²) in [5.74, 6) is 0.212. The summed E-state index contributed by atoms with van der Waals surface area (Å²) in [4.78, 5) is 11.4. The smallest absolute Gasteiger partial charge is 0.165 e. The van der Waals surface area contributed by atoms with E-state index in [1.165, 1.54) is 0 Å². The molecule has 0 N–H and O–H groups in total. The lowest BCUT2D eigenvalue weighted by atomic mass is 10.1. The van der Waals surface area contributed by atoms with Crippen LogP contribution >= 0.6 is 34.8 Å². The van der Waals surface area contributed by atoms with E-state index >= 15 is 0 Å². The number of halogens is 3. The van der Waals surface area contributed by atoms with Crippen molar-refractivity contribution in [1.82, 2.24) is 0 Å². The van der Waals surface area contributed by atoms with Crippen LogP contribution in [0.1, 0.15) is 16.8 Å². The Balaban J connectivity index is 3.01. The first kappa shape index (κ1) is 10.8. The molecule has 0 unspecified atom stereocenters. The molecule has 0 amide bonds. The highest BCUT2D eigenvalue weighted by molar-refractivity contribution is 6.44. The monoisotopic (exact) mass is 236 g/mol. The summed E-state index contributed by atoms with van der Waals surface area (Å²) in [7, 11) is 0. The molecular weight excluding hydrogens is 230 g/mol. The zero-order valence-electron chi connectivity index (χ0n) is 6.69. The van der Waals surface area contributed by atoms with E-state index in [-0.39, 0.29) is 12.2 Å². The average molecular weight is 238 g/mol. The number of Topliss-reactive ketones (excluding diaryl/α,β-unsaturated/α-hetero) is 1. The third-order valence-electron chi connectivity index (χ3n) is 1.57. The standard InChI is InChI=1S/C9H7Cl3O/c10-5-4-8(13)6-2-1-3-7(11)9(6)12/h1-3H,4-5H2. The lowest BCUT2D eigenvalue weighted by molar-refractivity contribution is 0.0989. The van der Waals surface area contributed by atoms with Crippen molar-refractivity contribution < 1.29 is 4.79 Å². The highest BCUT2D eigenvalue weighted by Crippen LogP contribution is 2.26. The Morgan fingerprint density at radius 2 is 2.00 bits per heavy atom. The summed E-state index contributed by atoms with van der Waals surface area (Å²) in [5, 5.41) is 0.696. The molecule has 0 saturated carbocycles. The molecule has 4 heteroatoms. The number of benzene rings is 1. The van der Waals surface area contributed by atoms with Crippen LogP contribution in [-0.2, 0) is 0 Å². The van der Waals surface area contributed by atoms with Crippen molar-refractivity contribution in [1.29, 1.82) is 0 Å². The third-order valence-corrected chi connectivity index (χ3v) is 2.58. The van der Waals surface area contributed by atoms with Crippen molar-refractivity contribution in [2.24, 2.45) is 0 Å². The van der Waals surface area contributed by atoms with Crippen molar-refractivity contribution >= 4 is 40.6 Å². The van der Waals surface area contributed by atoms with E-state index in [9.17, 15) is 4.79 Å². The largest absolute Gasteiger partial charge is 0.294 e. The van der Waals surface area contributed by atoms with Gasteiger partial charge in [-0.2, -0.15) is 0 Å². The number of ketones is 1. The van der Waals surface area contributed by atoms with E-state index in [0.29, 0.717) is 21.5 Å². The fraction of sp³-hybridized carbons (Fsp3) is 0.222. The predicted octanol–water partition coefficient (Wildman–Crippen LogP) is 3.81.